The molecule has 4 N–H and O–H groups in total. The quantitative estimate of drug-likeness (QED) is 0.577. The second-order valence-corrected chi connectivity index (χ2v) is 11.2. The summed E-state index contributed by atoms with van der Waals surface area (Å²) in [7, 11) is 0. The average molecular weight is 443 g/mol. The van der Waals surface area contributed by atoms with Gasteiger partial charge in [0.2, 0.25) is 5.91 Å². The number of hydrogen-bond donors (Lipinski definition) is 3. The van der Waals surface area contributed by atoms with E-state index in [1.165, 1.54) is 24.8 Å². The van der Waals surface area contributed by atoms with Crippen molar-refractivity contribution in [3.8, 4) is 0 Å². The molecule has 178 valence electrons. The second-order valence-electron chi connectivity index (χ2n) is 11.2. The molecule has 32 heavy (non-hydrogen) atoms. The molecule has 1 aromatic carbocycles. The Morgan fingerprint density at radius 3 is 2.38 bits per heavy atom. The lowest BCUT2D eigenvalue weighted by Gasteiger charge is -2.50. The largest absolute Gasteiger partial charge is 0.369 e. The van der Waals surface area contributed by atoms with Crippen molar-refractivity contribution in [2.24, 2.45) is 17.1 Å². The Morgan fingerprint density at radius 2 is 1.84 bits per heavy atom. The minimum Gasteiger partial charge on any atom is -0.369 e. The maximum absolute atomic E-state index is 12.0. The highest BCUT2D eigenvalue weighted by molar-refractivity contribution is 5.80. The first-order chi connectivity index (χ1) is 15.2. The van der Waals surface area contributed by atoms with E-state index < -0.39 is 11.8 Å². The van der Waals surface area contributed by atoms with Crippen molar-refractivity contribution in [2.45, 2.75) is 83.1 Å². The number of aliphatic hydroxyl groups is 1. The number of aliphatic hydroxyl groups excluding tert-OH is 1. The number of nitrogens with zero attached hydrogens (tertiary/aromatic N) is 2. The van der Waals surface area contributed by atoms with Crippen molar-refractivity contribution in [3.05, 3.63) is 35.9 Å². The predicted molar refractivity (Wildman–Crippen MR) is 128 cm³/mol. The van der Waals surface area contributed by atoms with Gasteiger partial charge < -0.3 is 16.2 Å². The fourth-order valence-electron chi connectivity index (χ4n) is 6.21. The molecular weight excluding hydrogens is 400 g/mol. The molecule has 1 aromatic rings. The van der Waals surface area contributed by atoms with E-state index in [1.54, 1.807) is 0 Å². The number of carbonyl (C=O) groups excluding carboxylic acids is 1. The third-order valence-electron chi connectivity index (χ3n) is 8.53. The summed E-state index contributed by atoms with van der Waals surface area (Å²) >= 11 is 0. The van der Waals surface area contributed by atoms with Crippen molar-refractivity contribution >= 4 is 5.91 Å². The van der Waals surface area contributed by atoms with Gasteiger partial charge in [-0.15, -0.1) is 0 Å². The van der Waals surface area contributed by atoms with Crippen molar-refractivity contribution in [1.82, 2.24) is 15.1 Å². The highest BCUT2D eigenvalue weighted by Crippen LogP contribution is 2.48. The van der Waals surface area contributed by atoms with Gasteiger partial charge in [0, 0.05) is 30.7 Å². The number of amides is 1. The summed E-state index contributed by atoms with van der Waals surface area (Å²) in [6.45, 7) is 9.14. The van der Waals surface area contributed by atoms with Crippen molar-refractivity contribution in [2.75, 3.05) is 26.2 Å². The summed E-state index contributed by atoms with van der Waals surface area (Å²) in [5, 5.41) is 15.2. The van der Waals surface area contributed by atoms with Crippen LogP contribution < -0.4 is 11.1 Å². The normalized spacial score (nSPS) is 32.3. The molecular formula is C26H42N4O2. The molecule has 3 fully saturated rings. The molecule has 2 saturated carbocycles. The second kappa shape index (κ2) is 9.05. The van der Waals surface area contributed by atoms with Crippen LogP contribution in [0.1, 0.15) is 71.3 Å². The Kier molecular flexibility index (Phi) is 6.70. The number of nitrogens with one attached hydrogen (secondary N) is 1. The number of carbonyl (C=O) groups is 1. The van der Waals surface area contributed by atoms with E-state index in [1.807, 2.05) is 13.8 Å². The molecule has 4 rings (SSSR count). The number of benzene rings is 1. The van der Waals surface area contributed by atoms with E-state index in [2.05, 4.69) is 52.4 Å². The smallest absolute Gasteiger partial charge is 0.224 e. The SMILES string of the molecule is CCNC1(c2ccccc2)CCC2(CC1)CN(CC(C)(C)C(N)=O)C(O)N2CC1CCC1. The van der Waals surface area contributed by atoms with Crippen LogP contribution in [0.3, 0.4) is 0 Å². The molecule has 0 aromatic heterocycles. The average Bonchev–Trinajstić information content (AvgIpc) is 2.98. The van der Waals surface area contributed by atoms with Gasteiger partial charge in [-0.1, -0.05) is 43.7 Å². The van der Waals surface area contributed by atoms with Crippen molar-refractivity contribution < 1.29 is 9.90 Å². The number of primary amides is 1. The van der Waals surface area contributed by atoms with Gasteiger partial charge in [0.15, 0.2) is 6.35 Å². The first-order valence-corrected chi connectivity index (χ1v) is 12.5. The van der Waals surface area contributed by atoms with Gasteiger partial charge >= 0.3 is 0 Å². The van der Waals surface area contributed by atoms with E-state index in [0.29, 0.717) is 12.5 Å². The number of nitrogens with two attached hydrogens (primary N) is 1. The van der Waals surface area contributed by atoms with Gasteiger partial charge in [0.25, 0.3) is 0 Å². The predicted octanol–water partition coefficient (Wildman–Crippen LogP) is 3.01. The Morgan fingerprint density at radius 1 is 1.19 bits per heavy atom. The topological polar surface area (TPSA) is 81.8 Å². The number of rotatable bonds is 8. The first-order valence-electron chi connectivity index (χ1n) is 12.5. The van der Waals surface area contributed by atoms with E-state index >= 15 is 0 Å². The highest BCUT2D eigenvalue weighted by Gasteiger charge is 2.55. The molecule has 1 saturated heterocycles. The molecule has 3 aliphatic rings. The third-order valence-corrected chi connectivity index (χ3v) is 8.53. The Labute approximate surface area is 193 Å². The summed E-state index contributed by atoms with van der Waals surface area (Å²) < 4.78 is 0. The molecule has 2 aliphatic carbocycles. The molecule has 1 aliphatic heterocycles. The fraction of sp³-hybridized carbons (Fsp3) is 0.731. The summed E-state index contributed by atoms with van der Waals surface area (Å²) in [6.07, 6.45) is 7.35. The Bertz CT molecular complexity index is 784. The van der Waals surface area contributed by atoms with Crippen LogP contribution in [0.25, 0.3) is 0 Å². The Balaban J connectivity index is 1.57. The zero-order chi connectivity index (χ0) is 23.0. The fourth-order valence-corrected chi connectivity index (χ4v) is 6.21. The molecule has 6 nitrogen and oxygen atoms in total. The van der Waals surface area contributed by atoms with Crippen LogP contribution >= 0.6 is 0 Å². The molecule has 6 heteroatoms. The lowest BCUT2D eigenvalue weighted by Crippen LogP contribution is -2.57. The molecule has 1 unspecified atom stereocenters. The number of hydrogen-bond acceptors (Lipinski definition) is 5. The minimum absolute atomic E-state index is 0.00569. The maximum Gasteiger partial charge on any atom is 0.224 e. The third kappa shape index (κ3) is 4.35. The van der Waals surface area contributed by atoms with Crippen LogP contribution in [0.15, 0.2) is 30.3 Å². The lowest BCUT2D eigenvalue weighted by atomic mass is 9.68. The standard InChI is InChI=1S/C26H42N4O2/c1-4-28-26(21-11-6-5-7-12-21)15-13-25(14-16-26)19-29(18-24(2,3)22(27)31)23(32)30(25)17-20-9-8-10-20/h5-7,11-12,20,23,28,32H,4,8-10,13-19H2,1-3H3,(H2,27,31). The minimum atomic E-state index is -0.666. The van der Waals surface area contributed by atoms with Crippen LogP contribution in [-0.4, -0.2) is 58.9 Å². The molecule has 1 atom stereocenters. The van der Waals surface area contributed by atoms with Crippen LogP contribution in [0, 0.1) is 11.3 Å². The Hall–Kier alpha value is -1.47. The summed E-state index contributed by atoms with van der Waals surface area (Å²) in [4.78, 5) is 16.5. The summed E-state index contributed by atoms with van der Waals surface area (Å²) in [5.74, 6) is 0.371. The summed E-state index contributed by atoms with van der Waals surface area (Å²) in [6, 6.07) is 10.8. The van der Waals surface area contributed by atoms with E-state index in [9.17, 15) is 9.90 Å². The van der Waals surface area contributed by atoms with Gasteiger partial charge in [-0.2, -0.15) is 0 Å². The van der Waals surface area contributed by atoms with Gasteiger partial charge in [0.05, 0.1) is 5.41 Å². The zero-order valence-electron chi connectivity index (χ0n) is 20.1. The lowest BCUT2D eigenvalue weighted by molar-refractivity contribution is -0.131. The van der Waals surface area contributed by atoms with Gasteiger partial charge in [-0.25, -0.2) is 0 Å². The van der Waals surface area contributed by atoms with E-state index in [0.717, 1.165) is 45.3 Å². The first kappa shape index (κ1) is 23.7. The molecule has 1 amide bonds. The van der Waals surface area contributed by atoms with Crippen molar-refractivity contribution in [1.29, 1.82) is 0 Å². The van der Waals surface area contributed by atoms with Crippen LogP contribution in [0.2, 0.25) is 0 Å². The molecule has 1 spiro atoms. The van der Waals surface area contributed by atoms with Crippen LogP contribution in [-0.2, 0) is 10.3 Å². The van der Waals surface area contributed by atoms with E-state index in [4.69, 9.17) is 5.73 Å². The molecule has 0 bridgehead atoms. The summed E-state index contributed by atoms with van der Waals surface area (Å²) in [5.41, 5.74) is 6.33. The van der Waals surface area contributed by atoms with Crippen molar-refractivity contribution in [3.63, 3.8) is 0 Å². The van der Waals surface area contributed by atoms with E-state index in [-0.39, 0.29) is 17.0 Å². The zero-order valence-corrected chi connectivity index (χ0v) is 20.1. The maximum atomic E-state index is 12.0. The highest BCUT2D eigenvalue weighted by atomic mass is 16.3. The van der Waals surface area contributed by atoms with Crippen LogP contribution in [0.4, 0.5) is 0 Å². The van der Waals surface area contributed by atoms with Crippen LogP contribution in [0.5, 0.6) is 0 Å². The molecule has 1 heterocycles. The monoisotopic (exact) mass is 442 g/mol. The van der Waals surface area contributed by atoms with Gasteiger partial charge in [-0.3, -0.25) is 14.6 Å². The van der Waals surface area contributed by atoms with Gasteiger partial charge in [0.1, 0.15) is 0 Å². The molecule has 0 radical (unpaired) electrons. The van der Waals surface area contributed by atoms with Gasteiger partial charge in [-0.05, 0) is 70.4 Å².